The van der Waals surface area contributed by atoms with Crippen molar-refractivity contribution in [3.63, 3.8) is 0 Å². The number of anilines is 1. The van der Waals surface area contributed by atoms with Crippen molar-refractivity contribution in [1.82, 2.24) is 10.2 Å². The van der Waals surface area contributed by atoms with E-state index in [0.29, 0.717) is 10.9 Å². The smallest absolute Gasteiger partial charge is 0.284 e. The van der Waals surface area contributed by atoms with E-state index in [2.05, 4.69) is 15.5 Å². The number of nitrogens with one attached hydrogen (secondary N) is 1. The lowest BCUT2D eigenvalue weighted by Crippen LogP contribution is -2.48. The number of nitrogens with zero attached hydrogens (tertiary/aromatic N) is 4. The number of carbonyl (C=O) groups excluding carboxylic acids is 1. The SMILES string of the molecule is COc1ccc(-c2ccc(C=C(C#N)C(=O)Nc3nnc(C45CC6CC(CC(C6)C4)C5)s3)o2)c([N+](=O)[O-])c1. The summed E-state index contributed by atoms with van der Waals surface area (Å²) < 4.78 is 10.8. The van der Waals surface area contributed by atoms with Crippen molar-refractivity contribution in [3.05, 3.63) is 56.8 Å². The Hall–Kier alpha value is -4.04. The molecule has 0 atom stereocenters. The summed E-state index contributed by atoms with van der Waals surface area (Å²) in [5.74, 6) is 2.49. The number of nitro groups is 1. The predicted octanol–water partition coefficient (Wildman–Crippen LogP) is 5.73. The number of nitriles is 1. The molecule has 2 aromatic heterocycles. The van der Waals surface area contributed by atoms with Crippen LogP contribution < -0.4 is 10.1 Å². The van der Waals surface area contributed by atoms with Crippen molar-refractivity contribution < 1.29 is 18.9 Å². The van der Waals surface area contributed by atoms with E-state index in [0.717, 1.165) is 42.0 Å². The minimum atomic E-state index is -0.617. The van der Waals surface area contributed by atoms with Crippen molar-refractivity contribution in [2.45, 2.75) is 43.9 Å². The summed E-state index contributed by atoms with van der Waals surface area (Å²) in [6, 6.07) is 9.42. The zero-order valence-electron chi connectivity index (χ0n) is 20.7. The van der Waals surface area contributed by atoms with Gasteiger partial charge in [0.2, 0.25) is 5.13 Å². The minimum absolute atomic E-state index is 0.0813. The number of hydrogen-bond acceptors (Lipinski definition) is 9. The molecule has 4 aliphatic rings. The molecular weight excluding hydrogens is 506 g/mol. The Kier molecular flexibility index (Phi) is 5.99. The lowest BCUT2D eigenvalue weighted by molar-refractivity contribution is -0.384. The second-order valence-electron chi connectivity index (χ2n) is 10.6. The van der Waals surface area contributed by atoms with Crippen molar-refractivity contribution >= 4 is 34.1 Å². The number of rotatable bonds is 7. The fourth-order valence-electron chi connectivity index (χ4n) is 6.89. The maximum Gasteiger partial charge on any atom is 0.284 e. The Balaban J connectivity index is 1.19. The number of hydrogen-bond donors (Lipinski definition) is 1. The molecule has 1 aromatic carbocycles. The molecular formula is C27H25N5O5S. The molecule has 3 aromatic rings. The van der Waals surface area contributed by atoms with Crippen LogP contribution in [0.2, 0.25) is 0 Å². The monoisotopic (exact) mass is 531 g/mol. The molecule has 4 fully saturated rings. The first kappa shape index (κ1) is 24.3. The van der Waals surface area contributed by atoms with Gasteiger partial charge in [0.25, 0.3) is 11.6 Å². The second-order valence-corrected chi connectivity index (χ2v) is 11.6. The van der Waals surface area contributed by atoms with Gasteiger partial charge in [0, 0.05) is 11.5 Å². The first-order chi connectivity index (χ1) is 18.4. The average molecular weight is 532 g/mol. The van der Waals surface area contributed by atoms with Gasteiger partial charge in [-0.25, -0.2) is 0 Å². The van der Waals surface area contributed by atoms with Gasteiger partial charge in [0.15, 0.2) is 0 Å². The molecule has 38 heavy (non-hydrogen) atoms. The molecule has 11 heteroatoms. The largest absolute Gasteiger partial charge is 0.497 e. The molecule has 0 unspecified atom stereocenters. The third-order valence-electron chi connectivity index (χ3n) is 8.08. The van der Waals surface area contributed by atoms with E-state index in [4.69, 9.17) is 9.15 Å². The van der Waals surface area contributed by atoms with E-state index < -0.39 is 10.8 Å². The fourth-order valence-corrected chi connectivity index (χ4v) is 7.85. The molecule has 7 rings (SSSR count). The van der Waals surface area contributed by atoms with Gasteiger partial charge in [-0.3, -0.25) is 20.2 Å². The maximum atomic E-state index is 12.9. The maximum absolute atomic E-state index is 12.9. The van der Waals surface area contributed by atoms with Gasteiger partial charge < -0.3 is 9.15 Å². The molecule has 0 spiro atoms. The van der Waals surface area contributed by atoms with Crippen molar-refractivity contribution in [1.29, 1.82) is 5.26 Å². The predicted molar refractivity (Wildman–Crippen MR) is 139 cm³/mol. The third-order valence-corrected chi connectivity index (χ3v) is 9.17. The molecule has 0 radical (unpaired) electrons. The van der Waals surface area contributed by atoms with Gasteiger partial charge in [-0.1, -0.05) is 11.3 Å². The molecule has 1 N–H and O–H groups in total. The van der Waals surface area contributed by atoms with Crippen LogP contribution in [0.4, 0.5) is 10.8 Å². The number of furan rings is 1. The highest BCUT2D eigenvalue weighted by atomic mass is 32.1. The summed E-state index contributed by atoms with van der Waals surface area (Å²) in [5.41, 5.74) is -0.0254. The summed E-state index contributed by atoms with van der Waals surface area (Å²) >= 11 is 1.40. The Morgan fingerprint density at radius 3 is 2.55 bits per heavy atom. The lowest BCUT2D eigenvalue weighted by atomic mass is 9.50. The normalized spacial score (nSPS) is 25.7. The number of aromatic nitrogens is 2. The first-order valence-corrected chi connectivity index (χ1v) is 13.4. The second kappa shape index (κ2) is 9.36. The van der Waals surface area contributed by atoms with Crippen LogP contribution in [0.5, 0.6) is 5.75 Å². The zero-order chi connectivity index (χ0) is 26.4. The van der Waals surface area contributed by atoms with Crippen molar-refractivity contribution in [3.8, 4) is 23.1 Å². The van der Waals surface area contributed by atoms with Crippen LogP contribution in [0, 0.1) is 39.2 Å². The van der Waals surface area contributed by atoms with Crippen LogP contribution in [0.1, 0.15) is 49.3 Å². The van der Waals surface area contributed by atoms with Gasteiger partial charge in [-0.15, -0.1) is 10.2 Å². The molecule has 4 saturated carbocycles. The van der Waals surface area contributed by atoms with Crippen LogP contribution in [0.3, 0.4) is 0 Å². The molecule has 4 aliphatic carbocycles. The molecule has 0 aliphatic heterocycles. The van der Waals surface area contributed by atoms with Crippen LogP contribution in [-0.2, 0) is 10.2 Å². The number of nitro benzene ring substituents is 1. The Labute approximate surface area is 222 Å². The number of ether oxygens (including phenoxy) is 1. The molecule has 2 heterocycles. The molecule has 1 amide bonds. The molecule has 10 nitrogen and oxygen atoms in total. The van der Waals surface area contributed by atoms with Crippen molar-refractivity contribution in [2.75, 3.05) is 12.4 Å². The fraction of sp³-hybridized carbons (Fsp3) is 0.407. The summed E-state index contributed by atoms with van der Waals surface area (Å²) in [6.07, 6.45) is 8.75. The zero-order valence-corrected chi connectivity index (χ0v) is 21.5. The highest BCUT2D eigenvalue weighted by molar-refractivity contribution is 7.15. The molecule has 4 bridgehead atoms. The topological polar surface area (TPSA) is 144 Å². The Morgan fingerprint density at radius 2 is 1.92 bits per heavy atom. The number of amides is 1. The van der Waals surface area contributed by atoms with Crippen LogP contribution in [-0.4, -0.2) is 28.1 Å². The van der Waals surface area contributed by atoms with E-state index in [1.165, 1.54) is 55.9 Å². The minimum Gasteiger partial charge on any atom is -0.497 e. The average Bonchev–Trinajstić information content (AvgIpc) is 3.56. The molecule has 194 valence electrons. The quantitative estimate of drug-likeness (QED) is 0.176. The highest BCUT2D eigenvalue weighted by Crippen LogP contribution is 2.61. The summed E-state index contributed by atoms with van der Waals surface area (Å²) in [7, 11) is 1.43. The van der Waals surface area contributed by atoms with Crippen LogP contribution >= 0.6 is 11.3 Å². The number of benzene rings is 1. The molecule has 0 saturated heterocycles. The summed E-state index contributed by atoms with van der Waals surface area (Å²) in [4.78, 5) is 23.9. The van der Waals surface area contributed by atoms with E-state index in [9.17, 15) is 20.2 Å². The summed E-state index contributed by atoms with van der Waals surface area (Å²) in [5, 5.41) is 33.9. The van der Waals surface area contributed by atoms with Gasteiger partial charge in [0.05, 0.1) is 23.7 Å². The highest BCUT2D eigenvalue weighted by Gasteiger charge is 2.53. The Bertz CT molecular complexity index is 1460. The Morgan fingerprint density at radius 1 is 1.21 bits per heavy atom. The van der Waals surface area contributed by atoms with Gasteiger partial charge >= 0.3 is 0 Å². The van der Waals surface area contributed by atoms with E-state index in [-0.39, 0.29) is 33.8 Å². The standard InChI is InChI=1S/C27H25N5O5S/c1-36-19-2-4-21(22(10-19)32(34)35)23-5-3-20(37-23)9-18(14-28)24(33)29-26-31-30-25(38-26)27-11-15-6-16(12-27)8-17(7-15)13-27/h2-5,9-10,15-17H,6-8,11-13H2,1H3,(H,29,31,33). The van der Waals surface area contributed by atoms with Crippen LogP contribution in [0.25, 0.3) is 17.4 Å². The summed E-state index contributed by atoms with van der Waals surface area (Å²) in [6.45, 7) is 0. The third kappa shape index (κ3) is 4.35. The van der Waals surface area contributed by atoms with E-state index >= 15 is 0 Å². The van der Waals surface area contributed by atoms with Crippen LogP contribution in [0.15, 0.2) is 40.3 Å². The van der Waals surface area contributed by atoms with Gasteiger partial charge in [-0.2, -0.15) is 5.26 Å². The van der Waals surface area contributed by atoms with E-state index in [1.54, 1.807) is 18.2 Å². The number of carbonyl (C=O) groups is 1. The number of methoxy groups -OCH3 is 1. The van der Waals surface area contributed by atoms with Gasteiger partial charge in [0.1, 0.15) is 33.9 Å². The van der Waals surface area contributed by atoms with Gasteiger partial charge in [-0.05, 0) is 80.5 Å². The first-order valence-electron chi connectivity index (χ1n) is 12.6. The van der Waals surface area contributed by atoms with E-state index in [1.807, 2.05) is 6.07 Å². The lowest BCUT2D eigenvalue weighted by Gasteiger charge is -2.55. The van der Waals surface area contributed by atoms with Crippen molar-refractivity contribution in [2.24, 2.45) is 17.8 Å².